The van der Waals surface area contributed by atoms with Gasteiger partial charge in [-0.3, -0.25) is 4.79 Å². The Morgan fingerprint density at radius 3 is 2.71 bits per heavy atom. The van der Waals surface area contributed by atoms with Gasteiger partial charge in [-0.2, -0.15) is 11.8 Å². The highest BCUT2D eigenvalue weighted by molar-refractivity contribution is 7.98. The Morgan fingerprint density at radius 2 is 2.08 bits per heavy atom. The van der Waals surface area contributed by atoms with Gasteiger partial charge in [0.1, 0.15) is 11.8 Å². The van der Waals surface area contributed by atoms with E-state index in [-0.39, 0.29) is 12.3 Å². The van der Waals surface area contributed by atoms with Crippen molar-refractivity contribution in [3.05, 3.63) is 28.2 Å². The van der Waals surface area contributed by atoms with Crippen LogP contribution in [0.25, 0.3) is 0 Å². The summed E-state index contributed by atoms with van der Waals surface area (Å²) < 4.78 is 10.2. The van der Waals surface area contributed by atoms with E-state index in [2.05, 4.69) is 5.32 Å². The molecule has 0 unspecified atom stereocenters. The minimum absolute atomic E-state index is 0.211. The molecule has 5 nitrogen and oxygen atoms in total. The Bertz CT molecular complexity index is 557. The summed E-state index contributed by atoms with van der Waals surface area (Å²) >= 11 is 13.4. The van der Waals surface area contributed by atoms with Gasteiger partial charge in [0.2, 0.25) is 5.91 Å². The summed E-state index contributed by atoms with van der Waals surface area (Å²) in [4.78, 5) is 23.6. The van der Waals surface area contributed by atoms with Crippen LogP contribution in [-0.2, 0) is 14.3 Å². The molecule has 0 aliphatic heterocycles. The zero-order valence-electron chi connectivity index (χ0n) is 13.6. The number of hydrogen-bond donors (Lipinski definition) is 1. The number of nitrogens with one attached hydrogen (secondary N) is 1. The van der Waals surface area contributed by atoms with Crippen LogP contribution in [-0.4, -0.2) is 43.6 Å². The molecular formula is C16H21Cl2NO4S. The molecule has 0 saturated heterocycles. The van der Waals surface area contributed by atoms with Gasteiger partial charge in [-0.05, 0) is 43.0 Å². The van der Waals surface area contributed by atoms with Crippen LogP contribution < -0.4 is 10.1 Å². The van der Waals surface area contributed by atoms with E-state index in [4.69, 9.17) is 32.7 Å². The molecule has 1 aromatic rings. The molecule has 1 rings (SSSR count). The van der Waals surface area contributed by atoms with Crippen LogP contribution in [0.2, 0.25) is 10.0 Å². The van der Waals surface area contributed by atoms with Crippen LogP contribution in [0, 0.1) is 0 Å². The molecule has 0 fully saturated rings. The van der Waals surface area contributed by atoms with Crippen molar-refractivity contribution in [2.45, 2.75) is 25.3 Å². The number of carbonyl (C=O) groups excluding carboxylic acids is 2. The third-order valence-corrected chi connectivity index (χ3v) is 4.31. The maximum atomic E-state index is 11.9. The highest BCUT2D eigenvalue weighted by Gasteiger charge is 2.20. The first-order valence-corrected chi connectivity index (χ1v) is 9.57. The number of amides is 1. The van der Waals surface area contributed by atoms with Crippen molar-refractivity contribution in [2.24, 2.45) is 0 Å². The molecule has 134 valence electrons. The largest absolute Gasteiger partial charge is 0.492 e. The van der Waals surface area contributed by atoms with Gasteiger partial charge in [0.25, 0.3) is 0 Å². The van der Waals surface area contributed by atoms with Crippen molar-refractivity contribution in [3.63, 3.8) is 0 Å². The van der Waals surface area contributed by atoms with Crippen LogP contribution in [0.1, 0.15) is 19.3 Å². The smallest absolute Gasteiger partial charge is 0.328 e. The second-order valence-corrected chi connectivity index (χ2v) is 6.78. The Morgan fingerprint density at radius 1 is 1.33 bits per heavy atom. The second kappa shape index (κ2) is 11.4. The SMILES string of the molecule is COC(=O)[C@@H](CCSC)NC(=O)CCCOc1ccc(Cl)cc1Cl. The predicted octanol–water partition coefficient (Wildman–Crippen LogP) is 3.56. The summed E-state index contributed by atoms with van der Waals surface area (Å²) in [6.45, 7) is 0.336. The van der Waals surface area contributed by atoms with Crippen LogP contribution in [0.4, 0.5) is 0 Å². The number of ether oxygens (including phenoxy) is 2. The Labute approximate surface area is 156 Å². The first kappa shape index (κ1) is 20.9. The zero-order chi connectivity index (χ0) is 17.9. The van der Waals surface area contributed by atoms with Crippen LogP contribution in [0.3, 0.4) is 0 Å². The summed E-state index contributed by atoms with van der Waals surface area (Å²) in [7, 11) is 1.31. The second-order valence-electron chi connectivity index (χ2n) is 4.95. The summed E-state index contributed by atoms with van der Waals surface area (Å²) in [5.41, 5.74) is 0. The van der Waals surface area contributed by atoms with Crippen molar-refractivity contribution >= 4 is 46.8 Å². The Balaban J connectivity index is 2.35. The number of carbonyl (C=O) groups is 2. The number of thioether (sulfide) groups is 1. The van der Waals surface area contributed by atoms with Crippen molar-refractivity contribution < 1.29 is 19.1 Å². The summed E-state index contributed by atoms with van der Waals surface area (Å²) in [6.07, 6.45) is 3.23. The molecule has 0 heterocycles. The fraction of sp³-hybridized carbons (Fsp3) is 0.500. The third-order valence-electron chi connectivity index (χ3n) is 3.13. The number of esters is 1. The van der Waals surface area contributed by atoms with Crippen LogP contribution in [0.15, 0.2) is 18.2 Å². The Hall–Kier alpha value is -1.11. The third kappa shape index (κ3) is 7.64. The molecule has 8 heteroatoms. The molecule has 1 amide bonds. The van der Waals surface area contributed by atoms with Crippen molar-refractivity contribution in [1.82, 2.24) is 5.32 Å². The van der Waals surface area contributed by atoms with Crippen LogP contribution in [0.5, 0.6) is 5.75 Å². The predicted molar refractivity (Wildman–Crippen MR) is 98.1 cm³/mol. The molecule has 0 bridgehead atoms. The van der Waals surface area contributed by atoms with Gasteiger partial charge in [0.15, 0.2) is 0 Å². The summed E-state index contributed by atoms with van der Waals surface area (Å²) in [5, 5.41) is 3.65. The minimum Gasteiger partial charge on any atom is -0.492 e. The van der Waals surface area contributed by atoms with Crippen molar-refractivity contribution in [1.29, 1.82) is 0 Å². The number of benzene rings is 1. The zero-order valence-corrected chi connectivity index (χ0v) is 16.0. The molecular weight excluding hydrogens is 373 g/mol. The van der Waals surface area contributed by atoms with Crippen LogP contribution >= 0.6 is 35.0 Å². The molecule has 24 heavy (non-hydrogen) atoms. The monoisotopic (exact) mass is 393 g/mol. The number of halogens is 2. The Kier molecular flexibility index (Phi) is 9.98. The van der Waals surface area contributed by atoms with Gasteiger partial charge in [0.05, 0.1) is 18.7 Å². The van der Waals surface area contributed by atoms with E-state index >= 15 is 0 Å². The van der Waals surface area contributed by atoms with E-state index in [1.807, 2.05) is 6.26 Å². The summed E-state index contributed by atoms with van der Waals surface area (Å²) in [5.74, 6) is 0.644. The lowest BCUT2D eigenvalue weighted by Gasteiger charge is -2.16. The first-order valence-electron chi connectivity index (χ1n) is 7.42. The van der Waals surface area contributed by atoms with E-state index in [0.717, 1.165) is 5.75 Å². The molecule has 0 aliphatic rings. The molecule has 1 aromatic carbocycles. The average molecular weight is 394 g/mol. The van der Waals surface area contributed by atoms with Crippen molar-refractivity contribution in [3.8, 4) is 5.75 Å². The molecule has 0 spiro atoms. The highest BCUT2D eigenvalue weighted by Crippen LogP contribution is 2.27. The first-order chi connectivity index (χ1) is 11.5. The quantitative estimate of drug-likeness (QED) is 0.486. The van der Waals surface area contributed by atoms with Gasteiger partial charge < -0.3 is 14.8 Å². The van der Waals surface area contributed by atoms with E-state index < -0.39 is 12.0 Å². The maximum absolute atomic E-state index is 11.9. The lowest BCUT2D eigenvalue weighted by Crippen LogP contribution is -2.41. The fourth-order valence-corrected chi connectivity index (χ4v) is 2.83. The highest BCUT2D eigenvalue weighted by atomic mass is 35.5. The maximum Gasteiger partial charge on any atom is 0.328 e. The lowest BCUT2D eigenvalue weighted by atomic mass is 10.2. The van der Waals surface area contributed by atoms with Gasteiger partial charge >= 0.3 is 5.97 Å². The van der Waals surface area contributed by atoms with E-state index in [0.29, 0.717) is 35.2 Å². The van der Waals surface area contributed by atoms with Crippen molar-refractivity contribution in [2.75, 3.05) is 25.7 Å². The van der Waals surface area contributed by atoms with E-state index in [9.17, 15) is 9.59 Å². The van der Waals surface area contributed by atoms with Gasteiger partial charge in [0, 0.05) is 11.4 Å². The molecule has 1 atom stereocenters. The standard InChI is InChI=1S/C16H21Cl2NO4S/c1-22-16(21)13(7-9-24-2)19-15(20)4-3-8-23-14-6-5-11(17)10-12(14)18/h5-6,10,13H,3-4,7-9H2,1-2H3,(H,19,20)/t13-/m1/s1. The summed E-state index contributed by atoms with van der Waals surface area (Å²) in [6, 6.07) is 4.35. The molecule has 0 aromatic heterocycles. The van der Waals surface area contributed by atoms with Gasteiger partial charge in [-0.1, -0.05) is 23.2 Å². The fourth-order valence-electron chi connectivity index (χ4n) is 1.90. The number of hydrogen-bond acceptors (Lipinski definition) is 5. The minimum atomic E-state index is -0.610. The number of rotatable bonds is 10. The molecule has 1 N–H and O–H groups in total. The average Bonchev–Trinajstić information content (AvgIpc) is 2.56. The molecule has 0 saturated carbocycles. The van der Waals surface area contributed by atoms with Gasteiger partial charge in [-0.25, -0.2) is 4.79 Å². The number of methoxy groups -OCH3 is 1. The molecule has 0 radical (unpaired) electrons. The lowest BCUT2D eigenvalue weighted by molar-refractivity contribution is -0.145. The normalized spacial score (nSPS) is 11.7. The van der Waals surface area contributed by atoms with E-state index in [1.165, 1.54) is 7.11 Å². The molecule has 0 aliphatic carbocycles. The topological polar surface area (TPSA) is 64.6 Å². The van der Waals surface area contributed by atoms with E-state index in [1.54, 1.807) is 30.0 Å². The van der Waals surface area contributed by atoms with Gasteiger partial charge in [-0.15, -0.1) is 0 Å².